The van der Waals surface area contributed by atoms with Gasteiger partial charge in [-0.1, -0.05) is 25.0 Å². The standard InChI is InChI=1S/C18H25NO4/c20-17(21)13-23-16-6-4-14(5-7-16)11-19-10-9-18(22)8-2-1-3-15(18)12-19/h4-7,15,22H,1-3,8-13H2,(H,20,21)/t15-,18-/m0/s1. The summed E-state index contributed by atoms with van der Waals surface area (Å²) in [6.07, 6.45) is 5.36. The van der Waals surface area contributed by atoms with Gasteiger partial charge in [0, 0.05) is 25.6 Å². The highest BCUT2D eigenvalue weighted by Crippen LogP contribution is 2.40. The number of carbonyl (C=O) groups is 1. The highest BCUT2D eigenvalue weighted by atomic mass is 16.5. The van der Waals surface area contributed by atoms with E-state index in [-0.39, 0.29) is 6.61 Å². The van der Waals surface area contributed by atoms with Crippen LogP contribution < -0.4 is 4.74 Å². The predicted molar refractivity (Wildman–Crippen MR) is 86.4 cm³/mol. The van der Waals surface area contributed by atoms with Crippen LogP contribution in [0.5, 0.6) is 5.75 Å². The van der Waals surface area contributed by atoms with Gasteiger partial charge in [0.25, 0.3) is 0 Å². The number of hydrogen-bond acceptors (Lipinski definition) is 4. The third-order valence-corrected chi connectivity index (χ3v) is 5.20. The molecule has 1 heterocycles. The summed E-state index contributed by atoms with van der Waals surface area (Å²) in [6.45, 7) is 2.45. The van der Waals surface area contributed by atoms with Crippen LogP contribution in [0.2, 0.25) is 0 Å². The molecule has 5 nitrogen and oxygen atoms in total. The van der Waals surface area contributed by atoms with Gasteiger partial charge in [-0.2, -0.15) is 0 Å². The highest BCUT2D eigenvalue weighted by Gasteiger charge is 2.42. The number of piperidine rings is 1. The van der Waals surface area contributed by atoms with Gasteiger partial charge in [0.05, 0.1) is 5.60 Å². The topological polar surface area (TPSA) is 70.0 Å². The molecule has 0 aromatic heterocycles. The van der Waals surface area contributed by atoms with E-state index in [2.05, 4.69) is 4.90 Å². The Kier molecular flexibility index (Phi) is 4.87. The van der Waals surface area contributed by atoms with Gasteiger partial charge in [-0.05, 0) is 37.0 Å². The first-order valence-electron chi connectivity index (χ1n) is 8.43. The van der Waals surface area contributed by atoms with Crippen LogP contribution in [0.25, 0.3) is 0 Å². The molecule has 2 N–H and O–H groups in total. The largest absolute Gasteiger partial charge is 0.482 e. The first-order chi connectivity index (χ1) is 11.0. The number of nitrogens with zero attached hydrogens (tertiary/aromatic N) is 1. The number of ether oxygens (including phenoxy) is 1. The Balaban J connectivity index is 1.54. The van der Waals surface area contributed by atoms with Crippen molar-refractivity contribution in [1.82, 2.24) is 4.90 Å². The van der Waals surface area contributed by atoms with Crippen LogP contribution >= 0.6 is 0 Å². The Morgan fingerprint density at radius 3 is 2.78 bits per heavy atom. The number of aliphatic carboxylic acids is 1. The zero-order chi connectivity index (χ0) is 16.3. The van der Waals surface area contributed by atoms with Crippen LogP contribution in [-0.2, 0) is 11.3 Å². The molecule has 1 saturated heterocycles. The zero-order valence-corrected chi connectivity index (χ0v) is 13.4. The van der Waals surface area contributed by atoms with E-state index in [4.69, 9.17) is 9.84 Å². The fraction of sp³-hybridized carbons (Fsp3) is 0.611. The summed E-state index contributed by atoms with van der Waals surface area (Å²) in [5, 5.41) is 19.3. The lowest BCUT2D eigenvalue weighted by Gasteiger charge is -2.47. The van der Waals surface area contributed by atoms with Crippen LogP contribution in [0.15, 0.2) is 24.3 Å². The molecule has 0 bridgehead atoms. The maximum atomic E-state index is 10.7. The maximum Gasteiger partial charge on any atom is 0.341 e. The fourth-order valence-electron chi connectivity index (χ4n) is 3.88. The first-order valence-corrected chi connectivity index (χ1v) is 8.43. The molecule has 3 rings (SSSR count). The molecular weight excluding hydrogens is 294 g/mol. The molecule has 23 heavy (non-hydrogen) atoms. The molecule has 1 aliphatic carbocycles. The van der Waals surface area contributed by atoms with Gasteiger partial charge in [0.2, 0.25) is 0 Å². The molecule has 1 aliphatic heterocycles. The Labute approximate surface area is 136 Å². The van der Waals surface area contributed by atoms with Gasteiger partial charge >= 0.3 is 5.97 Å². The van der Waals surface area contributed by atoms with Crippen molar-refractivity contribution >= 4 is 5.97 Å². The number of carboxylic acids is 1. The summed E-state index contributed by atoms with van der Waals surface area (Å²) in [7, 11) is 0. The van der Waals surface area contributed by atoms with Crippen molar-refractivity contribution in [2.24, 2.45) is 5.92 Å². The van der Waals surface area contributed by atoms with Gasteiger partial charge in [-0.25, -0.2) is 4.79 Å². The molecule has 2 fully saturated rings. The summed E-state index contributed by atoms with van der Waals surface area (Å²) in [5.41, 5.74) is 0.762. The number of likely N-dealkylation sites (tertiary alicyclic amines) is 1. The second-order valence-corrected chi connectivity index (χ2v) is 6.86. The highest BCUT2D eigenvalue weighted by molar-refractivity contribution is 5.68. The lowest BCUT2D eigenvalue weighted by Crippen LogP contribution is -2.52. The van der Waals surface area contributed by atoms with E-state index in [1.54, 1.807) is 0 Å². The lowest BCUT2D eigenvalue weighted by atomic mass is 9.71. The third kappa shape index (κ3) is 4.03. The monoisotopic (exact) mass is 319 g/mol. The van der Waals surface area contributed by atoms with Crippen molar-refractivity contribution in [1.29, 1.82) is 0 Å². The number of carboxylic acid groups (broad SMARTS) is 1. The van der Waals surface area contributed by atoms with Crippen molar-refractivity contribution in [3.05, 3.63) is 29.8 Å². The summed E-state index contributed by atoms with van der Waals surface area (Å²) in [6, 6.07) is 7.61. The van der Waals surface area contributed by atoms with Gasteiger partial charge < -0.3 is 14.9 Å². The van der Waals surface area contributed by atoms with Gasteiger partial charge in [0.15, 0.2) is 6.61 Å². The predicted octanol–water partition coefficient (Wildman–Crippen LogP) is 2.28. The molecule has 0 spiro atoms. The van der Waals surface area contributed by atoms with Gasteiger partial charge in [0.1, 0.15) is 5.75 Å². The van der Waals surface area contributed by atoms with Crippen molar-refractivity contribution in [3.8, 4) is 5.75 Å². The number of fused-ring (bicyclic) bond motifs is 1. The van der Waals surface area contributed by atoms with Gasteiger partial charge in [-0.3, -0.25) is 4.90 Å². The van der Waals surface area contributed by atoms with E-state index in [0.29, 0.717) is 11.7 Å². The molecule has 2 atom stereocenters. The van der Waals surface area contributed by atoms with Crippen LogP contribution in [0.4, 0.5) is 0 Å². The van der Waals surface area contributed by atoms with Crippen molar-refractivity contribution < 1.29 is 19.7 Å². The Morgan fingerprint density at radius 2 is 2.04 bits per heavy atom. The summed E-state index contributed by atoms with van der Waals surface area (Å²) in [4.78, 5) is 12.9. The molecule has 126 valence electrons. The Bertz CT molecular complexity index is 544. The molecule has 1 saturated carbocycles. The molecule has 1 aromatic rings. The lowest BCUT2D eigenvalue weighted by molar-refractivity contribution is -0.139. The van der Waals surface area contributed by atoms with Crippen LogP contribution in [0.1, 0.15) is 37.7 Å². The molecule has 1 aromatic carbocycles. The molecular formula is C18H25NO4. The van der Waals surface area contributed by atoms with E-state index in [1.165, 1.54) is 12.0 Å². The average molecular weight is 319 g/mol. The Hall–Kier alpha value is -1.59. The normalized spacial score (nSPS) is 28.1. The minimum absolute atomic E-state index is 0.314. The number of hydrogen-bond donors (Lipinski definition) is 2. The fourth-order valence-corrected chi connectivity index (χ4v) is 3.88. The van der Waals surface area contributed by atoms with Crippen LogP contribution in [-0.4, -0.2) is 46.4 Å². The molecule has 0 unspecified atom stereocenters. The second-order valence-electron chi connectivity index (χ2n) is 6.86. The van der Waals surface area contributed by atoms with Crippen molar-refractivity contribution in [2.45, 2.75) is 44.2 Å². The van der Waals surface area contributed by atoms with Crippen LogP contribution in [0.3, 0.4) is 0 Å². The SMILES string of the molecule is O=C(O)COc1ccc(CN2CC[C@@]3(O)CCCC[C@H]3C2)cc1. The maximum absolute atomic E-state index is 10.7. The van der Waals surface area contributed by atoms with E-state index in [0.717, 1.165) is 45.3 Å². The smallest absolute Gasteiger partial charge is 0.341 e. The number of benzene rings is 1. The van der Waals surface area contributed by atoms with E-state index >= 15 is 0 Å². The summed E-state index contributed by atoms with van der Waals surface area (Å²) in [5.74, 6) is 0.0157. The van der Waals surface area contributed by atoms with Gasteiger partial charge in [-0.15, -0.1) is 0 Å². The minimum Gasteiger partial charge on any atom is -0.482 e. The second kappa shape index (κ2) is 6.89. The quantitative estimate of drug-likeness (QED) is 0.871. The van der Waals surface area contributed by atoms with Crippen molar-refractivity contribution in [2.75, 3.05) is 19.7 Å². The first kappa shape index (κ1) is 16.3. The third-order valence-electron chi connectivity index (χ3n) is 5.20. The summed E-state index contributed by atoms with van der Waals surface area (Å²) < 4.78 is 5.15. The number of aliphatic hydroxyl groups is 1. The van der Waals surface area contributed by atoms with E-state index < -0.39 is 11.6 Å². The van der Waals surface area contributed by atoms with E-state index in [1.807, 2.05) is 24.3 Å². The van der Waals surface area contributed by atoms with Crippen LogP contribution in [0, 0.1) is 5.92 Å². The zero-order valence-electron chi connectivity index (χ0n) is 13.4. The van der Waals surface area contributed by atoms with Crippen molar-refractivity contribution in [3.63, 3.8) is 0 Å². The number of rotatable bonds is 5. The minimum atomic E-state index is -0.970. The molecule has 2 aliphatic rings. The molecule has 0 radical (unpaired) electrons. The van der Waals surface area contributed by atoms with E-state index in [9.17, 15) is 9.90 Å². The Morgan fingerprint density at radius 1 is 1.26 bits per heavy atom. The molecule has 0 amide bonds. The average Bonchev–Trinajstić information content (AvgIpc) is 2.54. The molecule has 5 heteroatoms. The summed E-state index contributed by atoms with van der Waals surface area (Å²) >= 11 is 0.